The molecule has 3 N–H and O–H groups in total. The van der Waals surface area contributed by atoms with Crippen molar-refractivity contribution in [1.82, 2.24) is 19.5 Å². The van der Waals surface area contributed by atoms with Crippen molar-refractivity contribution in [2.45, 2.75) is 44.6 Å². The summed E-state index contributed by atoms with van der Waals surface area (Å²) in [6.07, 6.45) is 1.34. The number of imidazole rings is 1. The molecule has 9 nitrogen and oxygen atoms in total. The number of anilines is 1. The van der Waals surface area contributed by atoms with Crippen LogP contribution in [-0.2, 0) is 4.74 Å². The van der Waals surface area contributed by atoms with E-state index in [4.69, 9.17) is 9.15 Å². The number of aliphatic hydroxyl groups excluding tert-OH is 2. The number of furan rings is 1. The van der Waals surface area contributed by atoms with Gasteiger partial charge < -0.3 is 24.7 Å². The summed E-state index contributed by atoms with van der Waals surface area (Å²) >= 11 is 0. The lowest BCUT2D eigenvalue weighted by molar-refractivity contribution is -0.0167. The first-order chi connectivity index (χ1) is 14.1. The smallest absolute Gasteiger partial charge is 0.199 e. The Labute approximate surface area is 167 Å². The monoisotopic (exact) mass is 397 g/mol. The number of fused-ring (bicyclic) bond motifs is 1. The lowest BCUT2D eigenvalue weighted by Crippen LogP contribution is -2.29. The zero-order valence-corrected chi connectivity index (χ0v) is 16.3. The molecule has 1 aliphatic rings. The van der Waals surface area contributed by atoms with Crippen molar-refractivity contribution in [3.8, 4) is 23.4 Å². The van der Waals surface area contributed by atoms with Gasteiger partial charge in [0, 0.05) is 13.5 Å². The van der Waals surface area contributed by atoms with Gasteiger partial charge in [-0.1, -0.05) is 19.3 Å². The molecule has 1 saturated heterocycles. The highest BCUT2D eigenvalue weighted by atomic mass is 16.5. The molecular formula is C20H23N5O4. The van der Waals surface area contributed by atoms with Gasteiger partial charge in [0.15, 0.2) is 40.6 Å². The van der Waals surface area contributed by atoms with Gasteiger partial charge in [-0.15, -0.1) is 0 Å². The fraction of sp³-hybridized carbons (Fsp3) is 0.450. The fourth-order valence-corrected chi connectivity index (χ4v) is 3.21. The molecule has 3 aromatic heterocycles. The van der Waals surface area contributed by atoms with E-state index < -0.39 is 18.4 Å². The van der Waals surface area contributed by atoms with E-state index in [0.29, 0.717) is 34.4 Å². The van der Waals surface area contributed by atoms with E-state index in [2.05, 4.69) is 39.0 Å². The zero-order valence-electron chi connectivity index (χ0n) is 16.3. The molecule has 29 heavy (non-hydrogen) atoms. The lowest BCUT2D eigenvalue weighted by atomic mass is 10.2. The van der Waals surface area contributed by atoms with E-state index in [0.717, 1.165) is 19.3 Å². The first kappa shape index (κ1) is 19.4. The van der Waals surface area contributed by atoms with Crippen LogP contribution in [0.3, 0.4) is 0 Å². The normalized spacial score (nSPS) is 21.3. The SMILES string of the molecule is CCCCC#Cc1nc2c(NC)nc(-c3ccco3)nc2n1[C@@H]1OC[C@@H](O)[C@H]1O. The third-order valence-electron chi connectivity index (χ3n) is 4.75. The summed E-state index contributed by atoms with van der Waals surface area (Å²) in [5.74, 6) is 7.95. The summed E-state index contributed by atoms with van der Waals surface area (Å²) in [6.45, 7) is 2.12. The van der Waals surface area contributed by atoms with Crippen LogP contribution in [0.1, 0.15) is 38.2 Å². The molecule has 0 aromatic carbocycles. The molecule has 0 radical (unpaired) electrons. The van der Waals surface area contributed by atoms with Gasteiger partial charge in [-0.2, -0.15) is 0 Å². The van der Waals surface area contributed by atoms with Crippen molar-refractivity contribution >= 4 is 17.0 Å². The number of unbranched alkanes of at least 4 members (excludes halogenated alkanes) is 2. The van der Waals surface area contributed by atoms with Gasteiger partial charge in [-0.05, 0) is 24.5 Å². The van der Waals surface area contributed by atoms with Gasteiger partial charge in [0.05, 0.1) is 12.9 Å². The van der Waals surface area contributed by atoms with Crippen molar-refractivity contribution in [2.75, 3.05) is 19.0 Å². The Morgan fingerprint density at radius 3 is 2.83 bits per heavy atom. The molecule has 9 heteroatoms. The molecule has 1 aliphatic heterocycles. The van der Waals surface area contributed by atoms with E-state index >= 15 is 0 Å². The second kappa shape index (κ2) is 8.21. The zero-order chi connectivity index (χ0) is 20.4. The number of aliphatic hydroxyl groups is 2. The first-order valence-electron chi connectivity index (χ1n) is 9.62. The summed E-state index contributed by atoms with van der Waals surface area (Å²) < 4.78 is 12.7. The molecule has 1 fully saturated rings. The van der Waals surface area contributed by atoms with Gasteiger partial charge in [0.25, 0.3) is 0 Å². The third-order valence-corrected chi connectivity index (χ3v) is 4.75. The van der Waals surface area contributed by atoms with Crippen LogP contribution in [0, 0.1) is 11.8 Å². The summed E-state index contributed by atoms with van der Waals surface area (Å²) in [5, 5.41) is 23.5. The minimum atomic E-state index is -1.12. The molecule has 0 unspecified atom stereocenters. The van der Waals surface area contributed by atoms with Gasteiger partial charge in [-0.25, -0.2) is 15.0 Å². The highest BCUT2D eigenvalue weighted by molar-refractivity contribution is 5.86. The molecule has 152 valence electrons. The summed E-state index contributed by atoms with van der Waals surface area (Å²) in [7, 11) is 1.74. The molecular weight excluding hydrogens is 374 g/mol. The average molecular weight is 397 g/mol. The number of nitrogens with zero attached hydrogens (tertiary/aromatic N) is 4. The Morgan fingerprint density at radius 2 is 2.17 bits per heavy atom. The predicted octanol–water partition coefficient (Wildman–Crippen LogP) is 1.92. The van der Waals surface area contributed by atoms with Gasteiger partial charge in [0.2, 0.25) is 0 Å². The largest absolute Gasteiger partial charge is 0.461 e. The van der Waals surface area contributed by atoms with Crippen LogP contribution in [0.2, 0.25) is 0 Å². The first-order valence-corrected chi connectivity index (χ1v) is 9.62. The Kier molecular flexibility index (Phi) is 5.49. The number of hydrogen-bond acceptors (Lipinski definition) is 8. The Balaban J connectivity index is 1.91. The Morgan fingerprint density at radius 1 is 1.31 bits per heavy atom. The topological polar surface area (TPSA) is 118 Å². The number of rotatable bonds is 5. The van der Waals surface area contributed by atoms with E-state index in [1.54, 1.807) is 30.0 Å². The lowest BCUT2D eigenvalue weighted by Gasteiger charge is -2.18. The predicted molar refractivity (Wildman–Crippen MR) is 106 cm³/mol. The Hall–Kier alpha value is -2.93. The fourth-order valence-electron chi connectivity index (χ4n) is 3.21. The van der Waals surface area contributed by atoms with Crippen LogP contribution in [-0.4, -0.2) is 55.6 Å². The minimum absolute atomic E-state index is 0.0171. The number of ether oxygens (including phenoxy) is 1. The van der Waals surface area contributed by atoms with Crippen LogP contribution in [0.25, 0.3) is 22.7 Å². The van der Waals surface area contributed by atoms with Gasteiger partial charge in [-0.3, -0.25) is 4.57 Å². The molecule has 0 amide bonds. The summed E-state index contributed by atoms with van der Waals surface area (Å²) in [4.78, 5) is 13.7. The standard InChI is InChI=1S/C20H23N5O4/c1-3-4-5-6-9-14-22-15-18(21-2)23-17(13-8-7-10-28-13)24-19(15)25(14)20-16(27)12(26)11-29-20/h7-8,10,12,16,20,26-27H,3-5,11H2,1-2H3,(H,21,23,24)/t12-,16-,20-/m1/s1. The molecule has 0 aliphatic carbocycles. The van der Waals surface area contributed by atoms with Crippen molar-refractivity contribution in [3.63, 3.8) is 0 Å². The molecule has 4 heterocycles. The highest BCUT2D eigenvalue weighted by Gasteiger charge is 2.38. The molecule has 0 spiro atoms. The van der Waals surface area contributed by atoms with Crippen LogP contribution < -0.4 is 5.32 Å². The van der Waals surface area contributed by atoms with Crippen LogP contribution in [0.15, 0.2) is 22.8 Å². The van der Waals surface area contributed by atoms with E-state index in [1.807, 2.05) is 0 Å². The number of nitrogens with one attached hydrogen (secondary N) is 1. The number of aromatic nitrogens is 4. The van der Waals surface area contributed by atoms with Crippen molar-refractivity contribution in [1.29, 1.82) is 0 Å². The van der Waals surface area contributed by atoms with Crippen LogP contribution in [0.4, 0.5) is 5.82 Å². The van der Waals surface area contributed by atoms with Crippen LogP contribution >= 0.6 is 0 Å². The molecule has 0 saturated carbocycles. The number of hydrogen-bond donors (Lipinski definition) is 3. The van der Waals surface area contributed by atoms with E-state index in [1.165, 1.54) is 0 Å². The van der Waals surface area contributed by atoms with Crippen LogP contribution in [0.5, 0.6) is 0 Å². The second-order valence-corrected chi connectivity index (χ2v) is 6.79. The minimum Gasteiger partial charge on any atom is -0.461 e. The molecule has 3 aromatic rings. The molecule has 0 bridgehead atoms. The van der Waals surface area contributed by atoms with Gasteiger partial charge >= 0.3 is 0 Å². The summed E-state index contributed by atoms with van der Waals surface area (Å²) in [5.41, 5.74) is 0.938. The summed E-state index contributed by atoms with van der Waals surface area (Å²) in [6, 6.07) is 3.52. The van der Waals surface area contributed by atoms with Gasteiger partial charge in [0.1, 0.15) is 12.2 Å². The quantitative estimate of drug-likeness (QED) is 0.441. The maximum Gasteiger partial charge on any atom is 0.199 e. The average Bonchev–Trinajstić information content (AvgIpc) is 3.45. The van der Waals surface area contributed by atoms with Crippen molar-refractivity contribution < 1.29 is 19.4 Å². The molecule has 4 rings (SSSR count). The molecule has 3 atom stereocenters. The maximum absolute atomic E-state index is 10.5. The third kappa shape index (κ3) is 3.58. The Bertz CT molecular complexity index is 1050. The van der Waals surface area contributed by atoms with Crippen molar-refractivity contribution in [2.24, 2.45) is 0 Å². The van der Waals surface area contributed by atoms with Crippen molar-refractivity contribution in [3.05, 3.63) is 24.2 Å². The van der Waals surface area contributed by atoms with E-state index in [9.17, 15) is 10.2 Å². The maximum atomic E-state index is 10.5. The highest BCUT2D eigenvalue weighted by Crippen LogP contribution is 2.32. The van der Waals surface area contributed by atoms with E-state index in [-0.39, 0.29) is 6.61 Å². The second-order valence-electron chi connectivity index (χ2n) is 6.79.